The summed E-state index contributed by atoms with van der Waals surface area (Å²) in [4.78, 5) is 12.4. The van der Waals surface area contributed by atoms with Gasteiger partial charge in [0.15, 0.2) is 0 Å². The summed E-state index contributed by atoms with van der Waals surface area (Å²) in [5.41, 5.74) is 0.582. The van der Waals surface area contributed by atoms with E-state index in [4.69, 9.17) is 4.74 Å². The summed E-state index contributed by atoms with van der Waals surface area (Å²) >= 11 is 0. The first kappa shape index (κ1) is 14.4. The fourth-order valence-corrected chi connectivity index (χ4v) is 2.02. The lowest BCUT2D eigenvalue weighted by Gasteiger charge is -2.18. The summed E-state index contributed by atoms with van der Waals surface area (Å²) < 4.78 is 5.36. The highest BCUT2D eigenvalue weighted by atomic mass is 16.5. The van der Waals surface area contributed by atoms with Gasteiger partial charge in [0.1, 0.15) is 5.75 Å². The van der Waals surface area contributed by atoms with Crippen LogP contribution in [0.1, 0.15) is 31.1 Å². The minimum atomic E-state index is -0.0891. The molecule has 1 N–H and O–H groups in total. The highest BCUT2D eigenvalue weighted by molar-refractivity contribution is 6.01. The van der Waals surface area contributed by atoms with Crippen molar-refractivity contribution in [1.82, 2.24) is 5.32 Å². The van der Waals surface area contributed by atoms with Gasteiger partial charge in [-0.25, -0.2) is 0 Å². The SMILES string of the molecule is COc1cc2ccccc2cc1C(=O)N[C@@H](C)C(C)C. The Morgan fingerprint density at radius 2 is 1.70 bits per heavy atom. The highest BCUT2D eigenvalue weighted by Gasteiger charge is 2.17. The molecule has 0 aromatic heterocycles. The summed E-state index contributed by atoms with van der Waals surface area (Å²) in [5.74, 6) is 0.913. The predicted octanol–water partition coefficient (Wildman–Crippen LogP) is 3.62. The summed E-state index contributed by atoms with van der Waals surface area (Å²) in [7, 11) is 1.59. The zero-order valence-corrected chi connectivity index (χ0v) is 12.4. The van der Waals surface area contributed by atoms with Crippen LogP contribution in [0.25, 0.3) is 10.8 Å². The molecule has 0 fully saturated rings. The van der Waals surface area contributed by atoms with Crippen molar-refractivity contribution in [3.63, 3.8) is 0 Å². The molecule has 0 spiro atoms. The first-order chi connectivity index (χ1) is 9.52. The third-order valence-electron chi connectivity index (χ3n) is 3.67. The highest BCUT2D eigenvalue weighted by Crippen LogP contribution is 2.26. The van der Waals surface area contributed by atoms with Crippen LogP contribution in [0.3, 0.4) is 0 Å². The van der Waals surface area contributed by atoms with Gasteiger partial charge < -0.3 is 10.1 Å². The van der Waals surface area contributed by atoms with Crippen molar-refractivity contribution in [2.24, 2.45) is 5.92 Å². The predicted molar refractivity (Wildman–Crippen MR) is 82.3 cm³/mol. The number of methoxy groups -OCH3 is 1. The van der Waals surface area contributed by atoms with Crippen molar-refractivity contribution >= 4 is 16.7 Å². The number of benzene rings is 2. The molecule has 0 saturated carbocycles. The Labute approximate surface area is 119 Å². The molecule has 1 amide bonds. The smallest absolute Gasteiger partial charge is 0.255 e. The molecular formula is C17H21NO2. The van der Waals surface area contributed by atoms with Crippen LogP contribution < -0.4 is 10.1 Å². The molecule has 0 aliphatic carbocycles. The second kappa shape index (κ2) is 5.95. The molecule has 0 aliphatic heterocycles. The van der Waals surface area contributed by atoms with Gasteiger partial charge in [-0.1, -0.05) is 38.1 Å². The van der Waals surface area contributed by atoms with E-state index < -0.39 is 0 Å². The zero-order valence-electron chi connectivity index (χ0n) is 12.4. The van der Waals surface area contributed by atoms with Crippen LogP contribution in [-0.2, 0) is 0 Å². The van der Waals surface area contributed by atoms with Gasteiger partial charge in [-0.3, -0.25) is 4.79 Å². The monoisotopic (exact) mass is 271 g/mol. The van der Waals surface area contributed by atoms with Crippen molar-refractivity contribution in [3.05, 3.63) is 42.0 Å². The lowest BCUT2D eigenvalue weighted by Crippen LogP contribution is -2.36. The molecule has 3 nitrogen and oxygen atoms in total. The summed E-state index contributed by atoms with van der Waals surface area (Å²) in [6.45, 7) is 6.18. The van der Waals surface area contributed by atoms with Crippen LogP contribution in [0.5, 0.6) is 5.75 Å². The first-order valence-corrected chi connectivity index (χ1v) is 6.90. The summed E-state index contributed by atoms with van der Waals surface area (Å²) in [6.07, 6.45) is 0. The van der Waals surface area contributed by atoms with Crippen LogP contribution in [0, 0.1) is 5.92 Å². The molecule has 0 heterocycles. The normalized spacial score (nSPS) is 12.4. The second-order valence-electron chi connectivity index (χ2n) is 5.41. The zero-order chi connectivity index (χ0) is 14.7. The molecule has 106 valence electrons. The molecule has 0 aliphatic rings. The van der Waals surface area contributed by atoms with Crippen molar-refractivity contribution in [3.8, 4) is 5.75 Å². The number of ether oxygens (including phenoxy) is 1. The topological polar surface area (TPSA) is 38.3 Å². The van der Waals surface area contributed by atoms with Crippen LogP contribution in [0.2, 0.25) is 0 Å². The third-order valence-corrected chi connectivity index (χ3v) is 3.67. The van der Waals surface area contributed by atoms with Crippen molar-refractivity contribution in [1.29, 1.82) is 0 Å². The van der Waals surface area contributed by atoms with Crippen molar-refractivity contribution in [2.45, 2.75) is 26.8 Å². The molecule has 0 radical (unpaired) electrons. The maximum Gasteiger partial charge on any atom is 0.255 e. The van der Waals surface area contributed by atoms with E-state index in [2.05, 4.69) is 19.2 Å². The number of hydrogen-bond acceptors (Lipinski definition) is 2. The van der Waals surface area contributed by atoms with Gasteiger partial charge >= 0.3 is 0 Å². The van der Waals surface area contributed by atoms with E-state index in [-0.39, 0.29) is 11.9 Å². The van der Waals surface area contributed by atoms with E-state index in [1.54, 1.807) is 7.11 Å². The van der Waals surface area contributed by atoms with Gasteiger partial charge in [-0.05, 0) is 35.7 Å². The lowest BCUT2D eigenvalue weighted by atomic mass is 10.0. The number of hydrogen-bond donors (Lipinski definition) is 1. The van der Waals surface area contributed by atoms with Gasteiger partial charge in [-0.2, -0.15) is 0 Å². The number of carbonyl (C=O) groups is 1. The van der Waals surface area contributed by atoms with E-state index >= 15 is 0 Å². The van der Waals surface area contributed by atoms with Crippen LogP contribution in [-0.4, -0.2) is 19.1 Å². The third kappa shape index (κ3) is 2.93. The second-order valence-corrected chi connectivity index (χ2v) is 5.41. The average molecular weight is 271 g/mol. The van der Waals surface area contributed by atoms with Crippen molar-refractivity contribution in [2.75, 3.05) is 7.11 Å². The van der Waals surface area contributed by atoms with E-state index in [0.29, 0.717) is 17.2 Å². The van der Waals surface area contributed by atoms with Crippen LogP contribution >= 0.6 is 0 Å². The van der Waals surface area contributed by atoms with Crippen molar-refractivity contribution < 1.29 is 9.53 Å². The molecule has 20 heavy (non-hydrogen) atoms. The van der Waals surface area contributed by atoms with E-state index in [0.717, 1.165) is 10.8 Å². The largest absolute Gasteiger partial charge is 0.496 e. The molecule has 0 saturated heterocycles. The maximum absolute atomic E-state index is 12.4. The van der Waals surface area contributed by atoms with Gasteiger partial charge in [0.05, 0.1) is 12.7 Å². The molecule has 0 bridgehead atoms. The van der Waals surface area contributed by atoms with Crippen LogP contribution in [0.15, 0.2) is 36.4 Å². The van der Waals surface area contributed by atoms with E-state index in [9.17, 15) is 4.79 Å². The number of carbonyl (C=O) groups excluding carboxylic acids is 1. The summed E-state index contributed by atoms with van der Waals surface area (Å²) in [5, 5.41) is 5.12. The molecular weight excluding hydrogens is 250 g/mol. The standard InChI is InChI=1S/C17H21NO2/c1-11(2)12(3)18-17(19)15-9-13-7-5-6-8-14(13)10-16(15)20-4/h5-12H,1-4H3,(H,18,19)/t12-/m0/s1. The van der Waals surface area contributed by atoms with Gasteiger partial charge in [-0.15, -0.1) is 0 Å². The molecule has 2 rings (SSSR count). The Bertz CT molecular complexity index is 619. The van der Waals surface area contributed by atoms with Crippen LogP contribution in [0.4, 0.5) is 0 Å². The Hall–Kier alpha value is -2.03. The number of amides is 1. The number of fused-ring (bicyclic) bond motifs is 1. The van der Waals surface area contributed by atoms with Gasteiger partial charge in [0.25, 0.3) is 5.91 Å². The molecule has 0 unspecified atom stereocenters. The van der Waals surface area contributed by atoms with E-state index in [1.807, 2.05) is 43.3 Å². The average Bonchev–Trinajstić information content (AvgIpc) is 2.45. The fourth-order valence-electron chi connectivity index (χ4n) is 2.02. The Balaban J connectivity index is 2.39. The molecule has 2 aromatic carbocycles. The minimum Gasteiger partial charge on any atom is -0.496 e. The van der Waals surface area contributed by atoms with Gasteiger partial charge in [0, 0.05) is 6.04 Å². The summed E-state index contributed by atoms with van der Waals surface area (Å²) in [6, 6.07) is 11.9. The minimum absolute atomic E-state index is 0.0891. The quantitative estimate of drug-likeness (QED) is 0.922. The Morgan fingerprint density at radius 3 is 2.25 bits per heavy atom. The molecule has 3 heteroatoms. The maximum atomic E-state index is 12.4. The van der Waals surface area contributed by atoms with Gasteiger partial charge in [0.2, 0.25) is 0 Å². The fraction of sp³-hybridized carbons (Fsp3) is 0.353. The number of nitrogens with one attached hydrogen (secondary N) is 1. The Morgan fingerprint density at radius 1 is 1.10 bits per heavy atom. The number of rotatable bonds is 4. The first-order valence-electron chi connectivity index (χ1n) is 6.90. The molecule has 1 atom stereocenters. The molecule has 2 aromatic rings. The Kier molecular flexibility index (Phi) is 4.28. The van der Waals surface area contributed by atoms with E-state index in [1.165, 1.54) is 0 Å². The lowest BCUT2D eigenvalue weighted by molar-refractivity contribution is 0.0927.